The average molecular weight is 618 g/mol. The Morgan fingerprint density at radius 1 is 1.05 bits per heavy atom. The number of hydrogen-bond donors (Lipinski definition) is 1. The number of hydrogen-bond acceptors (Lipinski definition) is 11. The quantitative estimate of drug-likeness (QED) is 0.133. The number of methoxy groups -OCH3 is 2. The highest BCUT2D eigenvalue weighted by molar-refractivity contribution is 7.88. The third-order valence-electron chi connectivity index (χ3n) is 6.31. The van der Waals surface area contributed by atoms with Gasteiger partial charge in [-0.05, 0) is 42.3 Å². The zero-order chi connectivity index (χ0) is 31.5. The fourth-order valence-corrected chi connectivity index (χ4v) is 5.13. The Labute approximate surface area is 249 Å². The van der Waals surface area contributed by atoms with Crippen LogP contribution in [0.4, 0.5) is 5.69 Å². The maximum Gasteiger partial charge on any atom is 0.326 e. The van der Waals surface area contributed by atoms with Crippen LogP contribution in [0.1, 0.15) is 18.9 Å². The predicted octanol–water partition coefficient (Wildman–Crippen LogP) is 1.64. The number of nitro groups is 1. The van der Waals surface area contributed by atoms with Crippen LogP contribution in [0.5, 0.6) is 11.5 Å². The molecule has 0 aliphatic carbocycles. The van der Waals surface area contributed by atoms with E-state index in [1.54, 1.807) is 31.2 Å². The Morgan fingerprint density at radius 2 is 1.70 bits per heavy atom. The summed E-state index contributed by atoms with van der Waals surface area (Å²) in [5, 5.41) is 14.7. The van der Waals surface area contributed by atoms with E-state index in [0.717, 1.165) is 0 Å². The molecule has 1 N–H and O–H groups in total. The van der Waals surface area contributed by atoms with Gasteiger partial charge in [0.1, 0.15) is 30.7 Å². The van der Waals surface area contributed by atoms with Crippen LogP contribution in [0.15, 0.2) is 59.5 Å². The lowest BCUT2D eigenvalue weighted by atomic mass is 9.89. The molecule has 15 heteroatoms. The zero-order valence-electron chi connectivity index (χ0n) is 23.7. The van der Waals surface area contributed by atoms with Crippen molar-refractivity contribution in [1.29, 1.82) is 0 Å². The van der Waals surface area contributed by atoms with Crippen molar-refractivity contribution < 1.29 is 47.3 Å². The molecule has 0 bridgehead atoms. The third kappa shape index (κ3) is 9.36. The van der Waals surface area contributed by atoms with Crippen molar-refractivity contribution in [2.75, 3.05) is 33.1 Å². The molecule has 230 valence electrons. The number of non-ortho nitro benzene ring substituents is 1. The Kier molecular flexibility index (Phi) is 11.8. The molecule has 0 spiro atoms. The number of nitrogens with one attached hydrogen (secondary N) is 1. The van der Waals surface area contributed by atoms with Crippen LogP contribution in [0.2, 0.25) is 0 Å². The second kappa shape index (κ2) is 15.4. The number of β-lactam (4-membered cyclic amide) rings is 1. The van der Waals surface area contributed by atoms with Crippen LogP contribution in [0, 0.1) is 10.1 Å². The first kappa shape index (κ1) is 32.7. The number of esters is 2. The maximum absolute atomic E-state index is 13.0. The van der Waals surface area contributed by atoms with Crippen molar-refractivity contribution in [3.63, 3.8) is 0 Å². The molecular weight excluding hydrogens is 586 g/mol. The normalized spacial score (nSPS) is 16.9. The summed E-state index contributed by atoms with van der Waals surface area (Å²) in [5.74, 6) is -1.63. The predicted molar refractivity (Wildman–Crippen MR) is 152 cm³/mol. The molecular formula is C28H31N3O11S. The minimum absolute atomic E-state index is 0.0192. The highest BCUT2D eigenvalue weighted by Crippen LogP contribution is 2.27. The lowest BCUT2D eigenvalue weighted by Gasteiger charge is -2.47. The van der Waals surface area contributed by atoms with Crippen LogP contribution >= 0.6 is 0 Å². The second-order valence-electron chi connectivity index (χ2n) is 9.28. The molecule has 3 unspecified atom stereocenters. The van der Waals surface area contributed by atoms with E-state index in [1.807, 2.05) is 0 Å². The minimum Gasteiger partial charge on any atom is -0.497 e. The van der Waals surface area contributed by atoms with Gasteiger partial charge in [-0.2, -0.15) is 0 Å². The highest BCUT2D eigenvalue weighted by Gasteiger charge is 2.49. The van der Waals surface area contributed by atoms with Gasteiger partial charge in [-0.25, -0.2) is 0 Å². The first-order valence-corrected chi connectivity index (χ1v) is 14.3. The number of benzene rings is 2. The smallest absolute Gasteiger partial charge is 0.326 e. The van der Waals surface area contributed by atoms with E-state index in [-0.39, 0.29) is 30.2 Å². The summed E-state index contributed by atoms with van der Waals surface area (Å²) >= 11 is 0. The zero-order valence-corrected chi connectivity index (χ0v) is 24.5. The molecule has 1 fully saturated rings. The van der Waals surface area contributed by atoms with Crippen molar-refractivity contribution in [2.45, 2.75) is 32.0 Å². The summed E-state index contributed by atoms with van der Waals surface area (Å²) in [5.41, 5.74) is 0.983. The first-order chi connectivity index (χ1) is 20.5. The molecule has 14 nitrogen and oxygen atoms in total. The molecule has 2 aromatic rings. The van der Waals surface area contributed by atoms with Crippen molar-refractivity contribution in [2.24, 2.45) is 0 Å². The molecule has 0 aromatic heterocycles. The molecule has 3 rings (SSSR count). The third-order valence-corrected chi connectivity index (χ3v) is 7.55. The van der Waals surface area contributed by atoms with Crippen LogP contribution in [0.25, 0.3) is 0 Å². The van der Waals surface area contributed by atoms with Gasteiger partial charge in [-0.3, -0.25) is 33.5 Å². The Morgan fingerprint density at radius 3 is 2.30 bits per heavy atom. The fraction of sp³-hybridized carbons (Fsp3) is 0.357. The summed E-state index contributed by atoms with van der Waals surface area (Å²) < 4.78 is 32.9. The van der Waals surface area contributed by atoms with Gasteiger partial charge in [0.05, 0.1) is 31.6 Å². The molecule has 0 radical (unpaired) electrons. The summed E-state index contributed by atoms with van der Waals surface area (Å²) in [7, 11) is 1.14. The molecule has 43 heavy (non-hydrogen) atoms. The van der Waals surface area contributed by atoms with E-state index >= 15 is 0 Å². The minimum atomic E-state index is -1.60. The van der Waals surface area contributed by atoms with E-state index in [4.69, 9.17) is 14.2 Å². The number of carbonyl (C=O) groups is 4. The van der Waals surface area contributed by atoms with Gasteiger partial charge >= 0.3 is 11.9 Å². The number of likely N-dealkylation sites (tertiary alicyclic amines) is 1. The molecule has 2 aromatic carbocycles. The number of ether oxygens (including phenoxy) is 4. The highest BCUT2D eigenvalue weighted by atomic mass is 32.2. The largest absolute Gasteiger partial charge is 0.497 e. The van der Waals surface area contributed by atoms with Crippen LogP contribution in [-0.2, 0) is 46.1 Å². The SMILES string of the molecule is COC(=O)CCS(=O)C=C(C)C1C(NC(=O)COc2ccc([N+](=O)[O-])cc2)C(=O)N1CC(=O)OCc1ccc(OC)cc1. The van der Waals surface area contributed by atoms with Crippen LogP contribution in [-0.4, -0.2) is 83.0 Å². The Hall–Kier alpha value is -4.79. The molecule has 1 heterocycles. The number of nitrogens with zero attached hydrogens (tertiary/aromatic N) is 2. The Balaban J connectivity index is 1.65. The lowest BCUT2D eigenvalue weighted by molar-refractivity contribution is -0.384. The van der Waals surface area contributed by atoms with E-state index in [2.05, 4.69) is 10.1 Å². The summed E-state index contributed by atoms with van der Waals surface area (Å²) in [6.07, 6.45) is -0.0853. The number of amides is 2. The van der Waals surface area contributed by atoms with E-state index in [0.29, 0.717) is 16.9 Å². The fourth-order valence-electron chi connectivity index (χ4n) is 4.09. The van der Waals surface area contributed by atoms with Crippen molar-refractivity contribution in [3.8, 4) is 11.5 Å². The summed E-state index contributed by atoms with van der Waals surface area (Å²) in [6, 6.07) is 10.1. The van der Waals surface area contributed by atoms with Crippen molar-refractivity contribution in [1.82, 2.24) is 10.2 Å². The molecule has 1 aliphatic heterocycles. The summed E-state index contributed by atoms with van der Waals surface area (Å²) in [4.78, 5) is 61.1. The topological polar surface area (TPSA) is 181 Å². The van der Waals surface area contributed by atoms with Gasteiger partial charge in [0.15, 0.2) is 6.61 Å². The molecule has 1 saturated heterocycles. The molecule has 0 saturated carbocycles. The molecule has 1 aliphatic rings. The number of rotatable bonds is 15. The molecule has 2 amide bonds. The first-order valence-electron chi connectivity index (χ1n) is 12.9. The van der Waals surface area contributed by atoms with Gasteiger partial charge in [0.2, 0.25) is 5.91 Å². The van der Waals surface area contributed by atoms with Gasteiger partial charge in [-0.1, -0.05) is 12.1 Å². The average Bonchev–Trinajstić information content (AvgIpc) is 3.00. The number of carbonyl (C=O) groups excluding carboxylic acids is 4. The maximum atomic E-state index is 13.0. The van der Waals surface area contributed by atoms with E-state index < -0.39 is 64.7 Å². The molecule has 3 atom stereocenters. The standard InChI is InChI=1S/C28H31N3O11S/c1-18(17-43(38)13-12-24(33)40-3)27-26(29-23(32)16-41-22-10-6-20(7-11-22)31(36)37)28(35)30(27)14-25(34)42-15-19-4-8-21(39-2)9-5-19/h4-11,17,26-27H,12-16H2,1-3H3,(H,29,32). The van der Waals surface area contributed by atoms with Crippen molar-refractivity contribution in [3.05, 3.63) is 75.2 Å². The van der Waals surface area contributed by atoms with Crippen LogP contribution in [0.3, 0.4) is 0 Å². The monoisotopic (exact) mass is 617 g/mol. The van der Waals surface area contributed by atoms with Crippen LogP contribution < -0.4 is 14.8 Å². The van der Waals surface area contributed by atoms with Gasteiger partial charge in [0, 0.05) is 34.1 Å². The van der Waals surface area contributed by atoms with Gasteiger partial charge in [-0.15, -0.1) is 0 Å². The van der Waals surface area contributed by atoms with Crippen molar-refractivity contribution >= 4 is 40.2 Å². The summed E-state index contributed by atoms with van der Waals surface area (Å²) in [6.45, 7) is 0.634. The lowest BCUT2D eigenvalue weighted by Crippen LogP contribution is -2.72. The van der Waals surface area contributed by atoms with Gasteiger partial charge < -0.3 is 29.2 Å². The second-order valence-corrected chi connectivity index (χ2v) is 10.7. The number of nitro benzene ring substituents is 1. The van der Waals surface area contributed by atoms with E-state index in [1.165, 1.54) is 48.8 Å². The van der Waals surface area contributed by atoms with E-state index in [9.17, 15) is 33.5 Å². The van der Waals surface area contributed by atoms with Gasteiger partial charge in [0.25, 0.3) is 11.6 Å². The Bertz CT molecular complexity index is 1390.